The molecule has 3 rings (SSSR count). The van der Waals surface area contributed by atoms with Gasteiger partial charge in [0.05, 0.1) is 15.9 Å². The first-order chi connectivity index (χ1) is 9.19. The van der Waals surface area contributed by atoms with Crippen LogP contribution in [0.1, 0.15) is 31.2 Å². The SMILES string of the molecule is CCc1nn(C)c(CN2CCN3CCCC3C2)c1Br. The summed E-state index contributed by atoms with van der Waals surface area (Å²) in [6.45, 7) is 8.14. The van der Waals surface area contributed by atoms with Gasteiger partial charge in [-0.2, -0.15) is 5.10 Å². The van der Waals surface area contributed by atoms with Crippen LogP contribution in [-0.4, -0.2) is 51.8 Å². The highest BCUT2D eigenvalue weighted by Crippen LogP contribution is 2.26. The first-order valence-electron chi connectivity index (χ1n) is 7.35. The molecule has 4 nitrogen and oxygen atoms in total. The number of halogens is 1. The van der Waals surface area contributed by atoms with E-state index in [0.717, 1.165) is 19.0 Å². The van der Waals surface area contributed by atoms with Gasteiger partial charge in [0.1, 0.15) is 0 Å². The minimum atomic E-state index is 0.798. The number of hydrogen-bond donors (Lipinski definition) is 0. The van der Waals surface area contributed by atoms with Crippen molar-refractivity contribution in [3.05, 3.63) is 15.9 Å². The summed E-state index contributed by atoms with van der Waals surface area (Å²) in [4.78, 5) is 5.25. The molecule has 0 bridgehead atoms. The van der Waals surface area contributed by atoms with E-state index in [1.165, 1.54) is 54.9 Å². The van der Waals surface area contributed by atoms with E-state index in [9.17, 15) is 0 Å². The molecule has 2 saturated heterocycles. The Hall–Kier alpha value is -0.390. The Morgan fingerprint density at radius 2 is 2.16 bits per heavy atom. The second-order valence-corrected chi connectivity index (χ2v) is 6.54. The largest absolute Gasteiger partial charge is 0.298 e. The van der Waals surface area contributed by atoms with E-state index in [0.29, 0.717) is 0 Å². The van der Waals surface area contributed by atoms with Crippen molar-refractivity contribution in [1.29, 1.82) is 0 Å². The summed E-state index contributed by atoms with van der Waals surface area (Å²) in [5.41, 5.74) is 2.50. The summed E-state index contributed by atoms with van der Waals surface area (Å²) in [6, 6.07) is 0.798. The molecular formula is C14H23BrN4. The van der Waals surface area contributed by atoms with Crippen LogP contribution in [0, 0.1) is 0 Å². The van der Waals surface area contributed by atoms with Gasteiger partial charge in [0.25, 0.3) is 0 Å². The van der Waals surface area contributed by atoms with Crippen molar-refractivity contribution in [3.63, 3.8) is 0 Å². The van der Waals surface area contributed by atoms with E-state index < -0.39 is 0 Å². The molecule has 0 aliphatic carbocycles. The Kier molecular flexibility index (Phi) is 3.96. The highest BCUT2D eigenvalue weighted by atomic mass is 79.9. The van der Waals surface area contributed by atoms with Crippen molar-refractivity contribution in [2.24, 2.45) is 7.05 Å². The fraction of sp³-hybridized carbons (Fsp3) is 0.786. The van der Waals surface area contributed by atoms with E-state index >= 15 is 0 Å². The second-order valence-electron chi connectivity index (χ2n) is 5.75. The standard InChI is InChI=1S/C14H23BrN4/c1-3-12-14(15)13(17(2)16-12)10-18-7-8-19-6-4-5-11(19)9-18/h11H,3-10H2,1-2H3. The van der Waals surface area contributed by atoms with E-state index in [-0.39, 0.29) is 0 Å². The van der Waals surface area contributed by atoms with Crippen LogP contribution in [0.2, 0.25) is 0 Å². The molecular weight excluding hydrogens is 304 g/mol. The first-order valence-corrected chi connectivity index (χ1v) is 8.15. The van der Waals surface area contributed by atoms with Crippen molar-refractivity contribution in [1.82, 2.24) is 19.6 Å². The molecule has 19 heavy (non-hydrogen) atoms. The molecule has 106 valence electrons. The maximum Gasteiger partial charge on any atom is 0.0767 e. The fourth-order valence-corrected chi connectivity index (χ4v) is 4.14. The Morgan fingerprint density at radius 1 is 1.32 bits per heavy atom. The summed E-state index contributed by atoms with van der Waals surface area (Å²) in [7, 11) is 2.06. The lowest BCUT2D eigenvalue weighted by molar-refractivity contribution is 0.0974. The zero-order valence-electron chi connectivity index (χ0n) is 11.9. The van der Waals surface area contributed by atoms with Crippen LogP contribution in [-0.2, 0) is 20.0 Å². The van der Waals surface area contributed by atoms with E-state index in [1.807, 2.05) is 4.68 Å². The smallest absolute Gasteiger partial charge is 0.0767 e. The van der Waals surface area contributed by atoms with Crippen molar-refractivity contribution >= 4 is 15.9 Å². The van der Waals surface area contributed by atoms with Gasteiger partial charge in [-0.3, -0.25) is 14.5 Å². The van der Waals surface area contributed by atoms with Gasteiger partial charge in [-0.25, -0.2) is 0 Å². The summed E-state index contributed by atoms with van der Waals surface area (Å²) in [5, 5.41) is 4.59. The maximum absolute atomic E-state index is 4.59. The van der Waals surface area contributed by atoms with Crippen LogP contribution >= 0.6 is 15.9 Å². The average Bonchev–Trinajstić information content (AvgIpc) is 2.97. The minimum Gasteiger partial charge on any atom is -0.298 e. The Morgan fingerprint density at radius 3 is 2.89 bits per heavy atom. The molecule has 0 radical (unpaired) electrons. The van der Waals surface area contributed by atoms with E-state index in [4.69, 9.17) is 0 Å². The van der Waals surface area contributed by atoms with Gasteiger partial charge in [0, 0.05) is 39.3 Å². The molecule has 3 heterocycles. The average molecular weight is 327 g/mol. The van der Waals surface area contributed by atoms with Crippen molar-refractivity contribution < 1.29 is 0 Å². The molecule has 1 aromatic heterocycles. The third-order valence-corrected chi connectivity index (χ3v) is 5.46. The molecule has 0 amide bonds. The molecule has 1 aromatic rings. The van der Waals surface area contributed by atoms with Gasteiger partial charge in [-0.1, -0.05) is 6.92 Å². The number of aromatic nitrogens is 2. The van der Waals surface area contributed by atoms with Crippen molar-refractivity contribution in [3.8, 4) is 0 Å². The lowest BCUT2D eigenvalue weighted by Gasteiger charge is -2.37. The second kappa shape index (κ2) is 5.54. The van der Waals surface area contributed by atoms with E-state index in [1.54, 1.807) is 0 Å². The van der Waals surface area contributed by atoms with Crippen molar-refractivity contribution in [2.75, 3.05) is 26.2 Å². The van der Waals surface area contributed by atoms with Gasteiger partial charge in [0.2, 0.25) is 0 Å². The monoisotopic (exact) mass is 326 g/mol. The minimum absolute atomic E-state index is 0.798. The first kappa shape index (κ1) is 13.6. The maximum atomic E-state index is 4.59. The third-order valence-electron chi connectivity index (χ3n) is 4.55. The number of fused-ring (bicyclic) bond motifs is 1. The number of aryl methyl sites for hydroxylation is 2. The van der Waals surface area contributed by atoms with Crippen molar-refractivity contribution in [2.45, 2.75) is 38.8 Å². The summed E-state index contributed by atoms with van der Waals surface area (Å²) in [5.74, 6) is 0. The summed E-state index contributed by atoms with van der Waals surface area (Å²) >= 11 is 3.73. The van der Waals surface area contributed by atoms with Gasteiger partial charge in [-0.15, -0.1) is 0 Å². The molecule has 5 heteroatoms. The predicted molar refractivity (Wildman–Crippen MR) is 80.2 cm³/mol. The molecule has 2 aliphatic rings. The van der Waals surface area contributed by atoms with Crippen LogP contribution in [0.4, 0.5) is 0 Å². The lowest BCUT2D eigenvalue weighted by Crippen LogP contribution is -2.49. The molecule has 0 saturated carbocycles. The molecule has 1 unspecified atom stereocenters. The van der Waals surface area contributed by atoms with Crippen LogP contribution < -0.4 is 0 Å². The Labute approximate surface area is 123 Å². The zero-order valence-corrected chi connectivity index (χ0v) is 13.5. The van der Waals surface area contributed by atoms with Crippen LogP contribution in [0.3, 0.4) is 0 Å². The highest BCUT2D eigenvalue weighted by molar-refractivity contribution is 9.10. The lowest BCUT2D eigenvalue weighted by atomic mass is 10.1. The highest BCUT2D eigenvalue weighted by Gasteiger charge is 2.31. The molecule has 2 aliphatic heterocycles. The summed E-state index contributed by atoms with van der Waals surface area (Å²) in [6.07, 6.45) is 3.75. The molecule has 2 fully saturated rings. The van der Waals surface area contributed by atoms with Gasteiger partial charge in [-0.05, 0) is 41.7 Å². The van der Waals surface area contributed by atoms with Gasteiger partial charge >= 0.3 is 0 Å². The quantitative estimate of drug-likeness (QED) is 0.849. The predicted octanol–water partition coefficient (Wildman–Crippen LogP) is 2.02. The van der Waals surface area contributed by atoms with Gasteiger partial charge in [0.15, 0.2) is 0 Å². The topological polar surface area (TPSA) is 24.3 Å². The van der Waals surface area contributed by atoms with Crippen LogP contribution in [0.15, 0.2) is 4.47 Å². The van der Waals surface area contributed by atoms with Gasteiger partial charge < -0.3 is 0 Å². The number of rotatable bonds is 3. The normalized spacial score (nSPS) is 24.9. The summed E-state index contributed by atoms with van der Waals surface area (Å²) < 4.78 is 3.26. The number of nitrogens with zero attached hydrogens (tertiary/aromatic N) is 4. The Bertz CT molecular complexity index is 457. The molecule has 0 N–H and O–H groups in total. The fourth-order valence-electron chi connectivity index (χ4n) is 3.40. The van der Waals surface area contributed by atoms with Crippen LogP contribution in [0.25, 0.3) is 0 Å². The zero-order chi connectivity index (χ0) is 13.4. The Balaban J connectivity index is 1.70. The van der Waals surface area contributed by atoms with Crippen LogP contribution in [0.5, 0.6) is 0 Å². The number of hydrogen-bond acceptors (Lipinski definition) is 3. The third kappa shape index (κ3) is 2.60. The van der Waals surface area contributed by atoms with E-state index in [2.05, 4.69) is 44.8 Å². The molecule has 0 aromatic carbocycles. The number of piperazine rings is 1. The molecule has 1 atom stereocenters. The molecule has 0 spiro atoms.